The predicted octanol–water partition coefficient (Wildman–Crippen LogP) is 4.15. The Bertz CT molecular complexity index is 355. The molecule has 0 saturated heterocycles. The second-order valence-electron chi connectivity index (χ2n) is 5.50. The summed E-state index contributed by atoms with van der Waals surface area (Å²) in [7, 11) is 0. The Labute approximate surface area is 114 Å². The van der Waals surface area contributed by atoms with Crippen LogP contribution >= 0.6 is 11.8 Å². The first kappa shape index (κ1) is 15.3. The molecule has 0 spiro atoms. The van der Waals surface area contributed by atoms with Crippen molar-refractivity contribution < 1.29 is 9.53 Å². The van der Waals surface area contributed by atoms with Gasteiger partial charge < -0.3 is 4.74 Å². The van der Waals surface area contributed by atoms with Crippen molar-refractivity contribution in [2.75, 3.05) is 13.2 Å². The normalized spacial score (nSPS) is 11.5. The minimum Gasteiger partial charge on any atom is -0.381 e. The van der Waals surface area contributed by atoms with E-state index in [1.807, 2.05) is 30.3 Å². The summed E-state index contributed by atoms with van der Waals surface area (Å²) in [5.74, 6) is 0. The van der Waals surface area contributed by atoms with Crippen molar-refractivity contribution in [3.8, 4) is 0 Å². The lowest BCUT2D eigenvalue weighted by Gasteiger charge is -2.17. The molecule has 0 saturated carbocycles. The molecule has 1 aromatic rings. The van der Waals surface area contributed by atoms with Crippen LogP contribution in [-0.2, 0) is 9.53 Å². The Morgan fingerprint density at radius 1 is 1.22 bits per heavy atom. The van der Waals surface area contributed by atoms with Gasteiger partial charge in [-0.05, 0) is 24.0 Å². The van der Waals surface area contributed by atoms with Crippen LogP contribution in [0.2, 0.25) is 0 Å². The lowest BCUT2D eigenvalue weighted by Crippen LogP contribution is -2.15. The average Bonchev–Trinajstić information content (AvgIpc) is 2.28. The summed E-state index contributed by atoms with van der Waals surface area (Å²) in [6.07, 6.45) is 1.37. The molecular weight excluding hydrogens is 244 g/mol. The van der Waals surface area contributed by atoms with Crippen LogP contribution < -0.4 is 0 Å². The van der Waals surface area contributed by atoms with Crippen LogP contribution in [0, 0.1) is 5.41 Å². The van der Waals surface area contributed by atoms with Crippen molar-refractivity contribution in [2.45, 2.75) is 38.5 Å². The minimum absolute atomic E-state index is 0.197. The number of hydrogen-bond acceptors (Lipinski definition) is 3. The maximum atomic E-state index is 11.7. The highest BCUT2D eigenvalue weighted by Crippen LogP contribution is 2.20. The van der Waals surface area contributed by atoms with E-state index in [-0.39, 0.29) is 10.5 Å². The molecule has 0 amide bonds. The largest absolute Gasteiger partial charge is 0.381 e. The van der Waals surface area contributed by atoms with E-state index in [4.69, 9.17) is 4.74 Å². The van der Waals surface area contributed by atoms with Gasteiger partial charge in [0.05, 0.1) is 6.61 Å². The van der Waals surface area contributed by atoms with Crippen LogP contribution in [0.4, 0.5) is 0 Å². The second-order valence-corrected chi connectivity index (χ2v) is 6.63. The zero-order chi connectivity index (χ0) is 13.4. The first-order valence-electron chi connectivity index (χ1n) is 6.31. The molecule has 0 atom stereocenters. The molecular formula is C15H22O2S. The van der Waals surface area contributed by atoms with E-state index in [9.17, 15) is 4.79 Å². The number of rotatable bonds is 6. The smallest absolute Gasteiger partial charge is 0.193 e. The van der Waals surface area contributed by atoms with Gasteiger partial charge in [-0.1, -0.05) is 50.7 Å². The molecule has 0 unspecified atom stereocenters. The van der Waals surface area contributed by atoms with Gasteiger partial charge in [-0.3, -0.25) is 4.79 Å². The summed E-state index contributed by atoms with van der Waals surface area (Å²) in [6.45, 7) is 7.83. The molecule has 0 aliphatic heterocycles. The number of hydrogen-bond donors (Lipinski definition) is 0. The molecule has 18 heavy (non-hydrogen) atoms. The number of ether oxygens (including phenoxy) is 1. The van der Waals surface area contributed by atoms with Crippen LogP contribution in [0.1, 0.15) is 33.6 Å². The number of carbonyl (C=O) groups excluding carboxylic acids is 1. The zero-order valence-electron chi connectivity index (χ0n) is 11.4. The number of thioether (sulfide) groups is 1. The Hall–Kier alpha value is -0.800. The molecule has 1 aromatic carbocycles. The number of carbonyl (C=O) groups is 1. The maximum Gasteiger partial charge on any atom is 0.193 e. The first-order valence-corrected chi connectivity index (χ1v) is 7.12. The molecule has 2 nitrogen and oxygen atoms in total. The molecule has 0 aromatic heterocycles. The van der Waals surface area contributed by atoms with E-state index in [0.717, 1.165) is 17.9 Å². The van der Waals surface area contributed by atoms with Crippen molar-refractivity contribution in [2.24, 2.45) is 5.41 Å². The van der Waals surface area contributed by atoms with Crippen molar-refractivity contribution >= 4 is 16.9 Å². The quantitative estimate of drug-likeness (QED) is 0.571. The Kier molecular flexibility index (Phi) is 6.44. The van der Waals surface area contributed by atoms with E-state index in [0.29, 0.717) is 13.0 Å². The molecule has 3 heteroatoms. The van der Waals surface area contributed by atoms with Gasteiger partial charge in [-0.15, -0.1) is 0 Å². The highest BCUT2D eigenvalue weighted by Gasteiger charge is 2.10. The third kappa shape index (κ3) is 7.51. The van der Waals surface area contributed by atoms with E-state index >= 15 is 0 Å². The van der Waals surface area contributed by atoms with Gasteiger partial charge >= 0.3 is 0 Å². The molecule has 0 N–H and O–H groups in total. The van der Waals surface area contributed by atoms with Crippen molar-refractivity contribution in [1.29, 1.82) is 0 Å². The van der Waals surface area contributed by atoms with Crippen LogP contribution in [0.15, 0.2) is 35.2 Å². The minimum atomic E-state index is 0.197. The fourth-order valence-corrected chi connectivity index (χ4v) is 2.17. The van der Waals surface area contributed by atoms with Crippen molar-refractivity contribution in [3.05, 3.63) is 30.3 Å². The van der Waals surface area contributed by atoms with Gasteiger partial charge in [0.25, 0.3) is 0 Å². The summed E-state index contributed by atoms with van der Waals surface area (Å²) < 4.78 is 5.54. The molecule has 100 valence electrons. The van der Waals surface area contributed by atoms with Gasteiger partial charge in [-0.2, -0.15) is 0 Å². The van der Waals surface area contributed by atoms with Gasteiger partial charge in [0.15, 0.2) is 5.12 Å². The van der Waals surface area contributed by atoms with E-state index in [2.05, 4.69) is 20.8 Å². The topological polar surface area (TPSA) is 26.3 Å². The van der Waals surface area contributed by atoms with Crippen molar-refractivity contribution in [1.82, 2.24) is 0 Å². The van der Waals surface area contributed by atoms with E-state index in [1.54, 1.807) is 0 Å². The predicted molar refractivity (Wildman–Crippen MR) is 76.8 cm³/mol. The molecule has 0 radical (unpaired) electrons. The van der Waals surface area contributed by atoms with Gasteiger partial charge in [0.1, 0.15) is 0 Å². The second kappa shape index (κ2) is 7.59. The van der Waals surface area contributed by atoms with E-state index in [1.165, 1.54) is 11.8 Å². The van der Waals surface area contributed by atoms with Crippen molar-refractivity contribution in [3.63, 3.8) is 0 Å². The van der Waals surface area contributed by atoms with Gasteiger partial charge in [0, 0.05) is 17.9 Å². The third-order valence-corrected chi connectivity index (χ3v) is 3.12. The summed E-state index contributed by atoms with van der Waals surface area (Å²) in [6, 6.07) is 9.76. The Balaban J connectivity index is 2.11. The summed E-state index contributed by atoms with van der Waals surface area (Å²) in [5, 5.41) is 0.209. The average molecular weight is 266 g/mol. The number of benzene rings is 1. The first-order chi connectivity index (χ1) is 8.47. The monoisotopic (exact) mass is 266 g/mol. The fraction of sp³-hybridized carbons (Fsp3) is 0.533. The standard InChI is InChI=1S/C15H22O2S/c1-15(2,3)12-17-11-7-10-14(16)18-13-8-5-4-6-9-13/h4-6,8-9H,7,10-12H2,1-3H3. The summed E-state index contributed by atoms with van der Waals surface area (Å²) in [5.41, 5.74) is 0.197. The van der Waals surface area contributed by atoms with Gasteiger partial charge in [-0.25, -0.2) is 0 Å². The molecule has 0 aliphatic rings. The Morgan fingerprint density at radius 2 is 1.89 bits per heavy atom. The molecule has 1 rings (SSSR count). The van der Waals surface area contributed by atoms with Crippen LogP contribution in [0.5, 0.6) is 0 Å². The lowest BCUT2D eigenvalue weighted by atomic mass is 9.99. The maximum absolute atomic E-state index is 11.7. The fourth-order valence-electron chi connectivity index (χ4n) is 1.37. The highest BCUT2D eigenvalue weighted by molar-refractivity contribution is 8.13. The molecule has 0 fully saturated rings. The molecule has 0 aliphatic carbocycles. The third-order valence-electron chi connectivity index (χ3n) is 2.18. The highest BCUT2D eigenvalue weighted by atomic mass is 32.2. The Morgan fingerprint density at radius 3 is 2.50 bits per heavy atom. The van der Waals surface area contributed by atoms with Gasteiger partial charge in [0.2, 0.25) is 0 Å². The van der Waals surface area contributed by atoms with Crippen LogP contribution in [0.25, 0.3) is 0 Å². The lowest BCUT2D eigenvalue weighted by molar-refractivity contribution is -0.111. The summed E-state index contributed by atoms with van der Waals surface area (Å²) >= 11 is 1.31. The zero-order valence-corrected chi connectivity index (χ0v) is 12.3. The van der Waals surface area contributed by atoms with Crippen LogP contribution in [0.3, 0.4) is 0 Å². The SMILES string of the molecule is CC(C)(C)COCCCC(=O)Sc1ccccc1. The van der Waals surface area contributed by atoms with E-state index < -0.39 is 0 Å². The molecule has 0 heterocycles. The molecule has 0 bridgehead atoms. The summed E-state index contributed by atoms with van der Waals surface area (Å²) in [4.78, 5) is 12.7. The van der Waals surface area contributed by atoms with Crippen LogP contribution in [-0.4, -0.2) is 18.3 Å².